The van der Waals surface area contributed by atoms with Gasteiger partial charge in [-0.3, -0.25) is 0 Å². The Bertz CT molecular complexity index is 838. The number of carbonyl (C=O) groups is 1. The highest BCUT2D eigenvalue weighted by atomic mass is 16.7. The molecule has 0 saturated carbocycles. The number of hydrogen-bond acceptors (Lipinski definition) is 3. The molecule has 0 spiro atoms. The lowest BCUT2D eigenvalue weighted by atomic mass is 9.99. The van der Waals surface area contributed by atoms with Crippen LogP contribution in [0.1, 0.15) is 18.1 Å². The molecule has 0 N–H and O–H groups in total. The number of hydrogen-bond donors (Lipinski definition) is 0. The van der Waals surface area contributed by atoms with Gasteiger partial charge >= 0.3 is 5.97 Å². The number of oxime groups is 1. The van der Waals surface area contributed by atoms with Crippen molar-refractivity contribution in [1.82, 2.24) is 0 Å². The van der Waals surface area contributed by atoms with Crippen molar-refractivity contribution in [2.24, 2.45) is 5.16 Å². The van der Waals surface area contributed by atoms with Gasteiger partial charge in [0, 0.05) is 18.1 Å². The molecule has 0 unspecified atom stereocenters. The topological polar surface area (TPSA) is 38.7 Å². The first kappa shape index (κ1) is 15.7. The molecule has 0 aliphatic rings. The fourth-order valence-electron chi connectivity index (χ4n) is 2.43. The lowest BCUT2D eigenvalue weighted by Gasteiger charge is -2.08. The molecule has 0 aliphatic carbocycles. The van der Waals surface area contributed by atoms with E-state index in [-0.39, 0.29) is 0 Å². The van der Waals surface area contributed by atoms with Crippen LogP contribution in [0.4, 0.5) is 0 Å². The van der Waals surface area contributed by atoms with Crippen molar-refractivity contribution < 1.29 is 9.63 Å². The number of benzene rings is 3. The molecule has 3 aromatic rings. The molecule has 118 valence electrons. The molecule has 0 atom stereocenters. The van der Waals surface area contributed by atoms with E-state index in [0.717, 1.165) is 22.3 Å². The Balaban J connectivity index is 1.96. The molecule has 0 amide bonds. The van der Waals surface area contributed by atoms with Crippen LogP contribution in [0.15, 0.2) is 90.1 Å². The maximum atomic E-state index is 11.1. The summed E-state index contributed by atoms with van der Waals surface area (Å²) in [7, 11) is 0. The molecule has 3 aromatic carbocycles. The minimum absolute atomic E-state index is 0.440. The summed E-state index contributed by atoms with van der Waals surface area (Å²) in [5.41, 5.74) is 4.69. The van der Waals surface area contributed by atoms with Gasteiger partial charge in [-0.15, -0.1) is 0 Å². The summed E-state index contributed by atoms with van der Waals surface area (Å²) in [6, 6.07) is 27.9. The second kappa shape index (κ2) is 7.38. The van der Waals surface area contributed by atoms with Gasteiger partial charge in [-0.2, -0.15) is 0 Å². The van der Waals surface area contributed by atoms with E-state index in [2.05, 4.69) is 17.3 Å². The van der Waals surface area contributed by atoms with Crippen molar-refractivity contribution in [3.63, 3.8) is 0 Å². The summed E-state index contributed by atoms with van der Waals surface area (Å²) in [5.74, 6) is -0.440. The van der Waals surface area contributed by atoms with Gasteiger partial charge < -0.3 is 4.84 Å². The Morgan fingerprint density at radius 3 is 1.79 bits per heavy atom. The molecule has 0 heterocycles. The van der Waals surface area contributed by atoms with Crippen LogP contribution in [-0.4, -0.2) is 11.7 Å². The van der Waals surface area contributed by atoms with Gasteiger partial charge in [0.05, 0.1) is 0 Å². The molecule has 0 radical (unpaired) electrons. The molecule has 3 rings (SSSR count). The molecule has 0 aromatic heterocycles. The van der Waals surface area contributed by atoms with Crippen LogP contribution in [0, 0.1) is 0 Å². The zero-order valence-electron chi connectivity index (χ0n) is 13.3. The second-order valence-electron chi connectivity index (χ2n) is 5.33. The minimum atomic E-state index is -0.440. The zero-order valence-corrected chi connectivity index (χ0v) is 13.3. The molecule has 3 heteroatoms. The molecular formula is C21H17NO2. The van der Waals surface area contributed by atoms with Gasteiger partial charge in [-0.05, 0) is 11.1 Å². The third kappa shape index (κ3) is 3.76. The molecular weight excluding hydrogens is 298 g/mol. The van der Waals surface area contributed by atoms with Gasteiger partial charge in [0.25, 0.3) is 0 Å². The quantitative estimate of drug-likeness (QED) is 0.399. The summed E-state index contributed by atoms with van der Waals surface area (Å²) in [6.07, 6.45) is 0. The first-order valence-corrected chi connectivity index (χ1v) is 7.71. The van der Waals surface area contributed by atoms with Crippen LogP contribution < -0.4 is 0 Å². The average molecular weight is 315 g/mol. The molecule has 0 fully saturated rings. The Labute approximate surface area is 141 Å². The number of nitrogens with zero attached hydrogens (tertiary/aromatic N) is 1. The minimum Gasteiger partial charge on any atom is -0.318 e. The maximum Gasteiger partial charge on any atom is 0.332 e. The van der Waals surface area contributed by atoms with E-state index < -0.39 is 5.97 Å². The van der Waals surface area contributed by atoms with E-state index in [1.165, 1.54) is 6.92 Å². The lowest BCUT2D eigenvalue weighted by Crippen LogP contribution is -2.05. The second-order valence-corrected chi connectivity index (χ2v) is 5.33. The van der Waals surface area contributed by atoms with Gasteiger partial charge in [-0.1, -0.05) is 90.1 Å². The number of carbonyl (C=O) groups excluding carboxylic acids is 1. The van der Waals surface area contributed by atoms with Crippen molar-refractivity contribution in [2.75, 3.05) is 0 Å². The summed E-state index contributed by atoms with van der Waals surface area (Å²) in [5, 5.41) is 4.03. The molecule has 0 saturated heterocycles. The van der Waals surface area contributed by atoms with Crippen LogP contribution in [0.25, 0.3) is 11.1 Å². The van der Waals surface area contributed by atoms with E-state index in [9.17, 15) is 4.79 Å². The normalized spacial score (nSPS) is 11.1. The van der Waals surface area contributed by atoms with Crippen LogP contribution in [0.3, 0.4) is 0 Å². The largest absolute Gasteiger partial charge is 0.332 e. The Kier molecular flexibility index (Phi) is 4.82. The van der Waals surface area contributed by atoms with Crippen LogP contribution in [0.2, 0.25) is 0 Å². The van der Waals surface area contributed by atoms with Gasteiger partial charge in [0.1, 0.15) is 5.71 Å². The Morgan fingerprint density at radius 2 is 1.21 bits per heavy atom. The molecule has 24 heavy (non-hydrogen) atoms. The van der Waals surface area contributed by atoms with Crippen LogP contribution >= 0.6 is 0 Å². The summed E-state index contributed by atoms with van der Waals surface area (Å²) in [4.78, 5) is 16.0. The third-order valence-corrected chi connectivity index (χ3v) is 3.58. The monoisotopic (exact) mass is 315 g/mol. The van der Waals surface area contributed by atoms with E-state index in [1.807, 2.05) is 72.8 Å². The van der Waals surface area contributed by atoms with Crippen LogP contribution in [0.5, 0.6) is 0 Å². The van der Waals surface area contributed by atoms with Gasteiger partial charge in [0.2, 0.25) is 0 Å². The first-order valence-electron chi connectivity index (χ1n) is 7.71. The summed E-state index contributed by atoms with van der Waals surface area (Å²) in [6.45, 7) is 1.34. The average Bonchev–Trinajstić information content (AvgIpc) is 2.64. The summed E-state index contributed by atoms with van der Waals surface area (Å²) >= 11 is 0. The molecule has 3 nitrogen and oxygen atoms in total. The van der Waals surface area contributed by atoms with E-state index in [4.69, 9.17) is 4.84 Å². The third-order valence-electron chi connectivity index (χ3n) is 3.58. The van der Waals surface area contributed by atoms with Crippen LogP contribution in [-0.2, 0) is 9.63 Å². The highest BCUT2D eigenvalue weighted by molar-refractivity contribution is 6.12. The maximum absolute atomic E-state index is 11.1. The van der Waals surface area contributed by atoms with Crippen molar-refractivity contribution in [3.05, 3.63) is 96.1 Å². The Morgan fingerprint density at radius 1 is 0.708 bits per heavy atom. The smallest absolute Gasteiger partial charge is 0.318 e. The summed E-state index contributed by atoms with van der Waals surface area (Å²) < 4.78 is 0. The molecule has 0 bridgehead atoms. The van der Waals surface area contributed by atoms with Crippen molar-refractivity contribution in [3.8, 4) is 11.1 Å². The highest BCUT2D eigenvalue weighted by Gasteiger charge is 2.09. The predicted octanol–water partition coefficient (Wildman–Crippen LogP) is 4.67. The highest BCUT2D eigenvalue weighted by Crippen LogP contribution is 2.21. The fraction of sp³-hybridized carbons (Fsp3) is 0.0476. The van der Waals surface area contributed by atoms with E-state index in [1.54, 1.807) is 0 Å². The predicted molar refractivity (Wildman–Crippen MR) is 95.7 cm³/mol. The van der Waals surface area contributed by atoms with Crippen molar-refractivity contribution >= 4 is 11.7 Å². The number of rotatable bonds is 4. The zero-order chi connectivity index (χ0) is 16.8. The van der Waals surface area contributed by atoms with E-state index in [0.29, 0.717) is 5.71 Å². The fourth-order valence-corrected chi connectivity index (χ4v) is 2.43. The SMILES string of the molecule is CC(=O)ON=C(c1ccccc1)c1ccc(-c2ccccc2)cc1. The van der Waals surface area contributed by atoms with Crippen molar-refractivity contribution in [1.29, 1.82) is 0 Å². The standard InChI is InChI=1S/C21H17NO2/c1-16(23)24-22-21(19-10-6-3-7-11-19)20-14-12-18(13-15-20)17-8-4-2-5-9-17/h2-15H,1H3. The van der Waals surface area contributed by atoms with Crippen molar-refractivity contribution in [2.45, 2.75) is 6.92 Å². The van der Waals surface area contributed by atoms with E-state index >= 15 is 0 Å². The first-order chi connectivity index (χ1) is 11.7. The lowest BCUT2D eigenvalue weighted by molar-refractivity contribution is -0.140. The van der Waals surface area contributed by atoms with Gasteiger partial charge in [0.15, 0.2) is 0 Å². The molecule has 0 aliphatic heterocycles. The van der Waals surface area contributed by atoms with Gasteiger partial charge in [-0.25, -0.2) is 4.79 Å². The Hall–Kier alpha value is -3.20.